The lowest BCUT2D eigenvalue weighted by Crippen LogP contribution is -2.23. The molecule has 0 bridgehead atoms. The number of nitrogens with two attached hydrogens (primary N) is 1. The molecule has 2 N–H and O–H groups in total. The fraction of sp³-hybridized carbons (Fsp3) is 0.294. The molecular weight excluding hydrogens is 256 g/mol. The van der Waals surface area contributed by atoms with E-state index < -0.39 is 17.7 Å². The Kier molecular flexibility index (Phi) is 3.30. The van der Waals surface area contributed by atoms with Crippen molar-refractivity contribution >= 4 is 0 Å². The number of halogens is 2. The third kappa shape index (κ3) is 2.12. The van der Waals surface area contributed by atoms with Crippen molar-refractivity contribution in [1.82, 2.24) is 0 Å². The van der Waals surface area contributed by atoms with E-state index in [1.54, 1.807) is 19.1 Å². The Labute approximate surface area is 117 Å². The Morgan fingerprint density at radius 3 is 2.20 bits per heavy atom. The molecule has 0 spiro atoms. The summed E-state index contributed by atoms with van der Waals surface area (Å²) >= 11 is 0. The normalized spacial score (nSPS) is 16.2. The van der Waals surface area contributed by atoms with Crippen LogP contribution >= 0.6 is 0 Å². The van der Waals surface area contributed by atoms with Crippen LogP contribution in [0, 0.1) is 24.5 Å². The second kappa shape index (κ2) is 4.98. The molecule has 0 amide bonds. The number of benzene rings is 2. The topological polar surface area (TPSA) is 26.0 Å². The zero-order valence-corrected chi connectivity index (χ0v) is 11.4. The van der Waals surface area contributed by atoms with Gasteiger partial charge in [-0.1, -0.05) is 36.4 Å². The van der Waals surface area contributed by atoms with Crippen molar-refractivity contribution in [3.8, 4) is 0 Å². The summed E-state index contributed by atoms with van der Waals surface area (Å²) in [6, 6.07) is 10.9. The zero-order chi connectivity index (χ0) is 14.3. The standard InChI is InChI=1S/C17H17F2N/c1-10-6-7-14(16(19)15(10)18)17(20)13-8-11-4-2-3-5-12(11)9-13/h2-7,13,17H,8-9,20H2,1H3. The van der Waals surface area contributed by atoms with Crippen LogP contribution in [0.25, 0.3) is 0 Å². The molecule has 0 heterocycles. The maximum absolute atomic E-state index is 14.0. The molecule has 3 heteroatoms. The number of hydrogen-bond acceptors (Lipinski definition) is 1. The van der Waals surface area contributed by atoms with Gasteiger partial charge >= 0.3 is 0 Å². The van der Waals surface area contributed by atoms with Gasteiger partial charge in [-0.3, -0.25) is 0 Å². The maximum atomic E-state index is 14.0. The van der Waals surface area contributed by atoms with Crippen molar-refractivity contribution in [2.45, 2.75) is 25.8 Å². The quantitative estimate of drug-likeness (QED) is 0.887. The van der Waals surface area contributed by atoms with Gasteiger partial charge in [0.25, 0.3) is 0 Å². The summed E-state index contributed by atoms with van der Waals surface area (Å²) in [5, 5.41) is 0. The average Bonchev–Trinajstić information content (AvgIpc) is 2.88. The lowest BCUT2D eigenvalue weighted by atomic mass is 9.90. The molecule has 0 saturated carbocycles. The Balaban J connectivity index is 1.88. The first-order chi connectivity index (χ1) is 9.58. The largest absolute Gasteiger partial charge is 0.324 e. The molecule has 20 heavy (non-hydrogen) atoms. The minimum atomic E-state index is -0.798. The fourth-order valence-electron chi connectivity index (χ4n) is 3.02. The first kappa shape index (κ1) is 13.3. The highest BCUT2D eigenvalue weighted by Crippen LogP contribution is 2.35. The van der Waals surface area contributed by atoms with Crippen LogP contribution in [0.1, 0.15) is 28.3 Å². The van der Waals surface area contributed by atoms with E-state index in [2.05, 4.69) is 12.1 Å². The molecule has 1 aliphatic carbocycles. The molecule has 1 nitrogen and oxygen atoms in total. The molecule has 1 unspecified atom stereocenters. The summed E-state index contributed by atoms with van der Waals surface area (Å²) < 4.78 is 27.7. The number of hydrogen-bond donors (Lipinski definition) is 1. The van der Waals surface area contributed by atoms with Crippen LogP contribution < -0.4 is 5.73 Å². The molecule has 0 fully saturated rings. The van der Waals surface area contributed by atoms with Gasteiger partial charge in [0.2, 0.25) is 0 Å². The van der Waals surface area contributed by atoms with Crippen molar-refractivity contribution < 1.29 is 8.78 Å². The van der Waals surface area contributed by atoms with Gasteiger partial charge in [0.15, 0.2) is 11.6 Å². The monoisotopic (exact) mass is 273 g/mol. The van der Waals surface area contributed by atoms with E-state index in [4.69, 9.17) is 5.73 Å². The van der Waals surface area contributed by atoms with Crippen LogP contribution in [0.4, 0.5) is 8.78 Å². The summed E-state index contributed by atoms with van der Waals surface area (Å²) in [6.07, 6.45) is 1.65. The van der Waals surface area contributed by atoms with Gasteiger partial charge in [0, 0.05) is 11.6 Å². The summed E-state index contributed by atoms with van der Waals surface area (Å²) in [5.74, 6) is -1.45. The number of fused-ring (bicyclic) bond motifs is 1. The first-order valence-electron chi connectivity index (χ1n) is 6.84. The minimum Gasteiger partial charge on any atom is -0.324 e. The van der Waals surface area contributed by atoms with Crippen molar-refractivity contribution in [3.63, 3.8) is 0 Å². The predicted molar refractivity (Wildman–Crippen MR) is 75.4 cm³/mol. The number of aryl methyl sites for hydroxylation is 1. The van der Waals surface area contributed by atoms with E-state index in [0.717, 1.165) is 12.8 Å². The summed E-state index contributed by atoms with van der Waals surface area (Å²) in [7, 11) is 0. The molecular formula is C17H17F2N. The number of rotatable bonds is 2. The molecule has 3 rings (SSSR count). The molecule has 1 aliphatic rings. The van der Waals surface area contributed by atoms with Crippen LogP contribution in [0.15, 0.2) is 36.4 Å². The molecule has 0 aromatic heterocycles. The van der Waals surface area contributed by atoms with Crippen molar-refractivity contribution in [2.24, 2.45) is 11.7 Å². The maximum Gasteiger partial charge on any atom is 0.163 e. The third-order valence-electron chi connectivity index (χ3n) is 4.25. The SMILES string of the molecule is Cc1ccc(C(N)C2Cc3ccccc3C2)c(F)c1F. The second-order valence-corrected chi connectivity index (χ2v) is 5.56. The fourth-order valence-corrected chi connectivity index (χ4v) is 3.02. The Morgan fingerprint density at radius 2 is 1.60 bits per heavy atom. The van der Waals surface area contributed by atoms with Crippen LogP contribution in [-0.4, -0.2) is 0 Å². The first-order valence-corrected chi connectivity index (χ1v) is 6.84. The van der Waals surface area contributed by atoms with E-state index in [1.165, 1.54) is 11.1 Å². The zero-order valence-electron chi connectivity index (χ0n) is 11.4. The molecule has 2 aromatic carbocycles. The van der Waals surface area contributed by atoms with Crippen LogP contribution in [0.3, 0.4) is 0 Å². The Hall–Kier alpha value is -1.74. The Bertz CT molecular complexity index is 626. The lowest BCUT2D eigenvalue weighted by Gasteiger charge is -2.20. The highest BCUT2D eigenvalue weighted by Gasteiger charge is 2.29. The summed E-state index contributed by atoms with van der Waals surface area (Å²) in [5.41, 5.74) is 9.32. The van der Waals surface area contributed by atoms with Gasteiger partial charge in [-0.2, -0.15) is 0 Å². The van der Waals surface area contributed by atoms with Crippen LogP contribution in [-0.2, 0) is 12.8 Å². The van der Waals surface area contributed by atoms with E-state index >= 15 is 0 Å². The summed E-state index contributed by atoms with van der Waals surface area (Å²) in [4.78, 5) is 0. The van der Waals surface area contributed by atoms with E-state index in [1.807, 2.05) is 12.1 Å². The molecule has 104 valence electrons. The highest BCUT2D eigenvalue weighted by atomic mass is 19.2. The van der Waals surface area contributed by atoms with Crippen molar-refractivity contribution in [2.75, 3.05) is 0 Å². The third-order valence-corrected chi connectivity index (χ3v) is 4.25. The second-order valence-electron chi connectivity index (χ2n) is 5.56. The van der Waals surface area contributed by atoms with Crippen LogP contribution in [0.2, 0.25) is 0 Å². The lowest BCUT2D eigenvalue weighted by molar-refractivity contribution is 0.420. The van der Waals surface area contributed by atoms with Gasteiger partial charge in [0.1, 0.15) is 0 Å². The Morgan fingerprint density at radius 1 is 1.00 bits per heavy atom. The average molecular weight is 273 g/mol. The van der Waals surface area contributed by atoms with Gasteiger partial charge < -0.3 is 5.73 Å². The summed E-state index contributed by atoms with van der Waals surface area (Å²) in [6.45, 7) is 1.55. The van der Waals surface area contributed by atoms with E-state index in [-0.39, 0.29) is 11.5 Å². The van der Waals surface area contributed by atoms with E-state index in [0.29, 0.717) is 5.56 Å². The minimum absolute atomic E-state index is 0.129. The van der Waals surface area contributed by atoms with E-state index in [9.17, 15) is 8.78 Å². The molecule has 1 atom stereocenters. The van der Waals surface area contributed by atoms with Crippen molar-refractivity contribution in [3.05, 3.63) is 70.3 Å². The van der Waals surface area contributed by atoms with Gasteiger partial charge in [-0.15, -0.1) is 0 Å². The molecule has 0 saturated heterocycles. The molecule has 0 aliphatic heterocycles. The van der Waals surface area contributed by atoms with Gasteiger partial charge in [0.05, 0.1) is 0 Å². The highest BCUT2D eigenvalue weighted by molar-refractivity contribution is 5.35. The molecule has 0 radical (unpaired) electrons. The van der Waals surface area contributed by atoms with Gasteiger partial charge in [-0.05, 0) is 42.4 Å². The van der Waals surface area contributed by atoms with Crippen LogP contribution in [0.5, 0.6) is 0 Å². The van der Waals surface area contributed by atoms with Crippen molar-refractivity contribution in [1.29, 1.82) is 0 Å². The molecule has 2 aromatic rings. The van der Waals surface area contributed by atoms with Gasteiger partial charge in [-0.25, -0.2) is 8.78 Å². The predicted octanol–water partition coefficient (Wildman–Crippen LogP) is 3.69. The smallest absolute Gasteiger partial charge is 0.163 e.